The van der Waals surface area contributed by atoms with Crippen molar-refractivity contribution in [2.75, 3.05) is 0 Å². The number of hydrogen-bond donors (Lipinski definition) is 2. The van der Waals surface area contributed by atoms with Crippen LogP contribution in [0.15, 0.2) is 18.2 Å². The zero-order chi connectivity index (χ0) is 9.42. The van der Waals surface area contributed by atoms with E-state index in [4.69, 9.17) is 0 Å². The molecule has 3 nitrogen and oxygen atoms in total. The average molecular weight is 178 g/mol. The second kappa shape index (κ2) is 2.85. The van der Waals surface area contributed by atoms with Gasteiger partial charge in [0.25, 0.3) is 0 Å². The van der Waals surface area contributed by atoms with Crippen molar-refractivity contribution in [1.82, 2.24) is 0 Å². The van der Waals surface area contributed by atoms with Crippen LogP contribution in [-0.4, -0.2) is 16.0 Å². The Balaban J connectivity index is 2.63. The van der Waals surface area contributed by atoms with Gasteiger partial charge in [0.2, 0.25) is 0 Å². The molecule has 0 radical (unpaired) electrons. The van der Waals surface area contributed by atoms with Crippen LogP contribution >= 0.6 is 0 Å². The molecule has 0 saturated heterocycles. The van der Waals surface area contributed by atoms with Crippen LogP contribution in [0, 0.1) is 0 Å². The number of aliphatic hydroxyl groups excluding tert-OH is 1. The Kier molecular flexibility index (Phi) is 1.81. The summed E-state index contributed by atoms with van der Waals surface area (Å²) < 4.78 is 0. The maximum Gasteiger partial charge on any atom is 0.167 e. The number of aromatic hydroxyl groups is 1. The molecule has 1 aliphatic rings. The SMILES string of the molecule is O=C1CCC(O)c2cccc(O)c21. The minimum atomic E-state index is -0.611. The zero-order valence-electron chi connectivity index (χ0n) is 7.03. The Morgan fingerprint density at radius 2 is 2.15 bits per heavy atom. The molecule has 2 rings (SSSR count). The lowest BCUT2D eigenvalue weighted by Crippen LogP contribution is -2.15. The number of benzene rings is 1. The lowest BCUT2D eigenvalue weighted by Gasteiger charge is -2.20. The van der Waals surface area contributed by atoms with Crippen molar-refractivity contribution in [3.63, 3.8) is 0 Å². The predicted molar refractivity (Wildman–Crippen MR) is 46.6 cm³/mol. The molecule has 0 fully saturated rings. The summed E-state index contributed by atoms with van der Waals surface area (Å²) in [5.74, 6) is -0.111. The highest BCUT2D eigenvalue weighted by atomic mass is 16.3. The number of Topliss-reactive ketones (excluding diaryl/α,β-unsaturated/α-hetero) is 1. The van der Waals surface area contributed by atoms with Gasteiger partial charge in [0.05, 0.1) is 11.7 Å². The average Bonchev–Trinajstić information content (AvgIpc) is 2.12. The van der Waals surface area contributed by atoms with Crippen molar-refractivity contribution in [3.05, 3.63) is 29.3 Å². The molecule has 3 heteroatoms. The predicted octanol–water partition coefficient (Wildman–Crippen LogP) is 1.40. The highest BCUT2D eigenvalue weighted by molar-refractivity contribution is 6.01. The fourth-order valence-corrected chi connectivity index (χ4v) is 1.69. The zero-order valence-corrected chi connectivity index (χ0v) is 7.03. The van der Waals surface area contributed by atoms with Crippen molar-refractivity contribution >= 4 is 5.78 Å². The van der Waals surface area contributed by atoms with Gasteiger partial charge in [-0.05, 0) is 18.1 Å². The van der Waals surface area contributed by atoms with Gasteiger partial charge < -0.3 is 10.2 Å². The van der Waals surface area contributed by atoms with Gasteiger partial charge in [0.15, 0.2) is 5.78 Å². The molecule has 1 aliphatic carbocycles. The Bertz CT molecular complexity index is 357. The van der Waals surface area contributed by atoms with Crippen LogP contribution in [0.25, 0.3) is 0 Å². The topological polar surface area (TPSA) is 57.5 Å². The normalized spacial score (nSPS) is 21.3. The van der Waals surface area contributed by atoms with E-state index in [2.05, 4.69) is 0 Å². The minimum Gasteiger partial charge on any atom is -0.507 e. The van der Waals surface area contributed by atoms with Crippen molar-refractivity contribution in [2.45, 2.75) is 18.9 Å². The number of carbonyl (C=O) groups is 1. The maximum atomic E-state index is 11.4. The molecule has 0 spiro atoms. The third-order valence-electron chi connectivity index (χ3n) is 2.36. The van der Waals surface area contributed by atoms with Crippen LogP contribution in [0.5, 0.6) is 5.75 Å². The number of ketones is 1. The van der Waals surface area contributed by atoms with E-state index in [1.165, 1.54) is 6.07 Å². The number of fused-ring (bicyclic) bond motifs is 1. The lowest BCUT2D eigenvalue weighted by atomic mass is 9.88. The van der Waals surface area contributed by atoms with Crippen LogP contribution in [0.4, 0.5) is 0 Å². The van der Waals surface area contributed by atoms with Crippen LogP contribution in [0.2, 0.25) is 0 Å². The number of phenolic OH excluding ortho intramolecular Hbond substituents is 1. The Hall–Kier alpha value is -1.35. The molecule has 1 unspecified atom stereocenters. The van der Waals surface area contributed by atoms with Crippen LogP contribution in [0.3, 0.4) is 0 Å². The number of carbonyl (C=O) groups excluding carboxylic acids is 1. The Labute approximate surface area is 75.6 Å². The van der Waals surface area contributed by atoms with E-state index in [-0.39, 0.29) is 11.5 Å². The first-order valence-corrected chi connectivity index (χ1v) is 4.23. The number of phenols is 1. The van der Waals surface area contributed by atoms with Gasteiger partial charge in [-0.15, -0.1) is 0 Å². The summed E-state index contributed by atoms with van der Waals surface area (Å²) in [6.45, 7) is 0. The summed E-state index contributed by atoms with van der Waals surface area (Å²) in [6, 6.07) is 4.78. The second-order valence-corrected chi connectivity index (χ2v) is 3.22. The van der Waals surface area contributed by atoms with Gasteiger partial charge in [-0.3, -0.25) is 4.79 Å². The van der Waals surface area contributed by atoms with Crippen LogP contribution in [0.1, 0.15) is 34.9 Å². The molecule has 0 bridgehead atoms. The second-order valence-electron chi connectivity index (χ2n) is 3.22. The van der Waals surface area contributed by atoms with Crippen molar-refractivity contribution in [3.8, 4) is 5.75 Å². The van der Waals surface area contributed by atoms with Gasteiger partial charge in [-0.2, -0.15) is 0 Å². The molecule has 68 valence electrons. The molecule has 0 aliphatic heterocycles. The Morgan fingerprint density at radius 3 is 2.85 bits per heavy atom. The summed E-state index contributed by atoms with van der Waals surface area (Å²) in [5, 5.41) is 19.0. The minimum absolute atomic E-state index is 0.0266. The van der Waals surface area contributed by atoms with E-state index in [1.807, 2.05) is 0 Å². The molecule has 0 amide bonds. The summed E-state index contributed by atoms with van der Waals surface area (Å²) in [4.78, 5) is 11.4. The monoisotopic (exact) mass is 178 g/mol. The van der Waals surface area contributed by atoms with E-state index >= 15 is 0 Å². The fraction of sp³-hybridized carbons (Fsp3) is 0.300. The lowest BCUT2D eigenvalue weighted by molar-refractivity contribution is 0.0893. The quantitative estimate of drug-likeness (QED) is 0.631. The third-order valence-corrected chi connectivity index (χ3v) is 2.36. The van der Waals surface area contributed by atoms with Crippen LogP contribution in [-0.2, 0) is 0 Å². The summed E-state index contributed by atoms with van der Waals surface area (Å²) in [7, 11) is 0. The first-order valence-electron chi connectivity index (χ1n) is 4.23. The first kappa shape index (κ1) is 8.26. The molecule has 2 N–H and O–H groups in total. The van der Waals surface area contributed by atoms with Crippen molar-refractivity contribution < 1.29 is 15.0 Å². The summed E-state index contributed by atoms with van der Waals surface area (Å²) >= 11 is 0. The molecule has 1 aromatic carbocycles. The summed E-state index contributed by atoms with van der Waals surface area (Å²) in [5.41, 5.74) is 0.845. The number of hydrogen-bond acceptors (Lipinski definition) is 3. The van der Waals surface area contributed by atoms with E-state index in [0.29, 0.717) is 24.0 Å². The molecular formula is C10H10O3. The number of aliphatic hydroxyl groups is 1. The van der Waals surface area contributed by atoms with Gasteiger partial charge >= 0.3 is 0 Å². The van der Waals surface area contributed by atoms with E-state index in [0.717, 1.165) is 0 Å². The van der Waals surface area contributed by atoms with E-state index in [1.54, 1.807) is 12.1 Å². The molecule has 0 aromatic heterocycles. The highest BCUT2D eigenvalue weighted by Crippen LogP contribution is 2.34. The molecule has 0 saturated carbocycles. The standard InChI is InChI=1S/C10H10O3/c11-7-4-5-9(13)10-6(7)2-1-3-8(10)12/h1-3,7,11-12H,4-5H2. The van der Waals surface area contributed by atoms with Crippen LogP contribution < -0.4 is 0 Å². The molecular weight excluding hydrogens is 168 g/mol. The van der Waals surface area contributed by atoms with E-state index in [9.17, 15) is 15.0 Å². The first-order chi connectivity index (χ1) is 6.20. The molecule has 1 atom stereocenters. The van der Waals surface area contributed by atoms with Crippen molar-refractivity contribution in [1.29, 1.82) is 0 Å². The van der Waals surface area contributed by atoms with E-state index < -0.39 is 6.10 Å². The third kappa shape index (κ3) is 1.21. The molecule has 13 heavy (non-hydrogen) atoms. The maximum absolute atomic E-state index is 11.4. The fourth-order valence-electron chi connectivity index (χ4n) is 1.69. The van der Waals surface area contributed by atoms with Gasteiger partial charge in [0, 0.05) is 6.42 Å². The van der Waals surface area contributed by atoms with Gasteiger partial charge in [-0.1, -0.05) is 12.1 Å². The molecule has 0 heterocycles. The smallest absolute Gasteiger partial charge is 0.167 e. The largest absolute Gasteiger partial charge is 0.507 e. The Morgan fingerprint density at radius 1 is 1.38 bits per heavy atom. The van der Waals surface area contributed by atoms with Gasteiger partial charge in [-0.25, -0.2) is 0 Å². The number of rotatable bonds is 0. The highest BCUT2D eigenvalue weighted by Gasteiger charge is 2.26. The van der Waals surface area contributed by atoms with Gasteiger partial charge in [0.1, 0.15) is 5.75 Å². The van der Waals surface area contributed by atoms with Crippen molar-refractivity contribution in [2.24, 2.45) is 0 Å². The molecule has 1 aromatic rings. The summed E-state index contributed by atoms with van der Waals surface area (Å²) in [6.07, 6.45) is 0.154.